The van der Waals surface area contributed by atoms with Crippen LogP contribution in [0.4, 0.5) is 0 Å². The second-order valence-electron chi connectivity index (χ2n) is 6.16. The van der Waals surface area contributed by atoms with Crippen molar-refractivity contribution in [1.82, 2.24) is 10.2 Å². The molecule has 0 unspecified atom stereocenters. The molecule has 0 saturated carbocycles. The molecule has 0 radical (unpaired) electrons. The molecule has 1 atom stereocenters. The van der Waals surface area contributed by atoms with Crippen molar-refractivity contribution in [3.05, 3.63) is 23.3 Å². The average Bonchev–Trinajstić information content (AvgIpc) is 2.54. The van der Waals surface area contributed by atoms with E-state index >= 15 is 0 Å². The van der Waals surface area contributed by atoms with Crippen LogP contribution in [-0.2, 0) is 0 Å². The lowest BCUT2D eigenvalue weighted by Gasteiger charge is -2.36. The molecule has 1 saturated heterocycles. The molecule has 2 rings (SSSR count). The third-order valence-corrected chi connectivity index (χ3v) is 4.10. The number of nitrogens with zero attached hydrogens (tertiary/aromatic N) is 2. The monoisotopic (exact) mass is 303 g/mol. The molecule has 5 heteroatoms. The van der Waals surface area contributed by atoms with Gasteiger partial charge in [-0.25, -0.2) is 0 Å². The number of ether oxygens (including phenoxy) is 1. The molecule has 1 heterocycles. The minimum Gasteiger partial charge on any atom is -0.504 e. The molecule has 120 valence electrons. The summed E-state index contributed by atoms with van der Waals surface area (Å²) in [5.41, 5.74) is 1.32. The molecule has 0 aromatic heterocycles. The first kappa shape index (κ1) is 16.6. The Labute approximate surface area is 132 Å². The van der Waals surface area contributed by atoms with Crippen molar-refractivity contribution < 1.29 is 9.84 Å². The molecule has 2 N–H and O–H groups in total. The maximum Gasteiger partial charge on any atom is 0.162 e. The van der Waals surface area contributed by atoms with Crippen molar-refractivity contribution in [3.63, 3.8) is 0 Å². The summed E-state index contributed by atoms with van der Waals surface area (Å²) < 4.78 is 5.24. The Morgan fingerprint density at radius 1 is 1.36 bits per heavy atom. The van der Waals surface area contributed by atoms with E-state index in [1.54, 1.807) is 12.1 Å². The van der Waals surface area contributed by atoms with Gasteiger partial charge in [0, 0.05) is 43.9 Å². The number of piperazine rings is 1. The highest BCUT2D eigenvalue weighted by atomic mass is 16.5. The second kappa shape index (κ2) is 7.48. The summed E-state index contributed by atoms with van der Waals surface area (Å²) in [5.74, 6) is 1.03. The largest absolute Gasteiger partial charge is 0.504 e. The van der Waals surface area contributed by atoms with Crippen LogP contribution in [0, 0.1) is 17.2 Å². The third kappa shape index (κ3) is 3.70. The zero-order chi connectivity index (χ0) is 16.1. The van der Waals surface area contributed by atoms with E-state index in [-0.39, 0.29) is 11.8 Å². The second-order valence-corrected chi connectivity index (χ2v) is 6.16. The predicted molar refractivity (Wildman–Crippen MR) is 86.0 cm³/mol. The van der Waals surface area contributed by atoms with Crippen molar-refractivity contribution >= 4 is 0 Å². The van der Waals surface area contributed by atoms with Gasteiger partial charge in [-0.15, -0.1) is 0 Å². The van der Waals surface area contributed by atoms with E-state index in [0.29, 0.717) is 17.2 Å². The smallest absolute Gasteiger partial charge is 0.162 e. The fraction of sp³-hybridized carbons (Fsp3) is 0.588. The summed E-state index contributed by atoms with van der Waals surface area (Å²) >= 11 is 0. The number of rotatable bonds is 5. The van der Waals surface area contributed by atoms with E-state index in [1.807, 2.05) is 0 Å². The number of aromatic hydroxyl groups is 1. The van der Waals surface area contributed by atoms with Gasteiger partial charge in [0.05, 0.1) is 18.7 Å². The highest BCUT2D eigenvalue weighted by molar-refractivity contribution is 5.53. The first-order chi connectivity index (χ1) is 10.6. The molecule has 0 spiro atoms. The normalized spacial score (nSPS) is 17.2. The van der Waals surface area contributed by atoms with Crippen LogP contribution in [0.3, 0.4) is 0 Å². The fourth-order valence-electron chi connectivity index (χ4n) is 3.02. The first-order valence-electron chi connectivity index (χ1n) is 7.82. The van der Waals surface area contributed by atoms with Crippen LogP contribution in [0.5, 0.6) is 11.5 Å². The van der Waals surface area contributed by atoms with Gasteiger partial charge in [-0.05, 0) is 18.4 Å². The van der Waals surface area contributed by atoms with Crippen LogP contribution in [-0.4, -0.2) is 43.3 Å². The van der Waals surface area contributed by atoms with Crippen molar-refractivity contribution in [1.29, 1.82) is 5.26 Å². The Morgan fingerprint density at radius 3 is 2.59 bits per heavy atom. The van der Waals surface area contributed by atoms with Crippen LogP contribution < -0.4 is 10.1 Å². The molecule has 1 aromatic rings. The number of hydrogen-bond acceptors (Lipinski definition) is 5. The summed E-state index contributed by atoms with van der Waals surface area (Å²) in [4.78, 5) is 2.38. The average molecular weight is 303 g/mol. The summed E-state index contributed by atoms with van der Waals surface area (Å²) in [7, 11) is 1.52. The molecule has 0 amide bonds. The lowest BCUT2D eigenvalue weighted by atomic mass is 9.93. The SMILES string of the molecule is COc1cc(C#N)cc([C@@H](CC(C)C)N2CCNCC2)c1O. The van der Waals surface area contributed by atoms with Gasteiger partial charge in [0.15, 0.2) is 11.5 Å². The van der Waals surface area contributed by atoms with Crippen LogP contribution in [0.2, 0.25) is 0 Å². The summed E-state index contributed by atoms with van der Waals surface area (Å²) in [5, 5.41) is 23.1. The van der Waals surface area contributed by atoms with Gasteiger partial charge in [0.2, 0.25) is 0 Å². The number of phenols is 1. The number of hydrogen-bond donors (Lipinski definition) is 2. The molecule has 1 aromatic carbocycles. The molecule has 1 fully saturated rings. The minimum absolute atomic E-state index is 0.101. The molecule has 1 aliphatic heterocycles. The molecule has 0 aliphatic carbocycles. The lowest BCUT2D eigenvalue weighted by molar-refractivity contribution is 0.151. The van der Waals surface area contributed by atoms with E-state index in [1.165, 1.54) is 7.11 Å². The highest BCUT2D eigenvalue weighted by Gasteiger charge is 2.27. The van der Waals surface area contributed by atoms with Gasteiger partial charge in [-0.2, -0.15) is 5.26 Å². The standard InChI is InChI=1S/C17H25N3O2/c1-12(2)8-15(20-6-4-19-5-7-20)14-9-13(11-18)10-16(22-3)17(14)21/h9-10,12,15,19,21H,4-8H2,1-3H3/t15-/m1/s1. The molecule has 0 bridgehead atoms. The van der Waals surface area contributed by atoms with Crippen LogP contribution >= 0.6 is 0 Å². The molecule has 1 aliphatic rings. The van der Waals surface area contributed by atoms with Gasteiger partial charge in [0.1, 0.15) is 0 Å². The number of benzene rings is 1. The third-order valence-electron chi connectivity index (χ3n) is 4.10. The molecular formula is C17H25N3O2. The van der Waals surface area contributed by atoms with Gasteiger partial charge < -0.3 is 15.2 Å². The Balaban J connectivity index is 2.43. The van der Waals surface area contributed by atoms with Crippen molar-refractivity contribution in [2.24, 2.45) is 5.92 Å². The van der Waals surface area contributed by atoms with E-state index in [4.69, 9.17) is 4.74 Å². The predicted octanol–water partition coefficient (Wildman–Crippen LogP) is 2.26. The van der Waals surface area contributed by atoms with E-state index in [0.717, 1.165) is 38.2 Å². The van der Waals surface area contributed by atoms with E-state index < -0.39 is 0 Å². The van der Waals surface area contributed by atoms with Gasteiger partial charge in [0.25, 0.3) is 0 Å². The molecule has 22 heavy (non-hydrogen) atoms. The summed E-state index contributed by atoms with van der Waals surface area (Å²) in [6.45, 7) is 8.13. The zero-order valence-corrected chi connectivity index (χ0v) is 13.6. The van der Waals surface area contributed by atoms with E-state index in [2.05, 4.69) is 30.1 Å². The maximum absolute atomic E-state index is 10.5. The Hall–Kier alpha value is -1.77. The zero-order valence-electron chi connectivity index (χ0n) is 13.6. The van der Waals surface area contributed by atoms with Gasteiger partial charge in [-0.3, -0.25) is 4.90 Å². The number of nitriles is 1. The van der Waals surface area contributed by atoms with Crippen LogP contribution in [0.1, 0.15) is 37.4 Å². The van der Waals surface area contributed by atoms with Crippen molar-refractivity contribution in [2.75, 3.05) is 33.3 Å². The minimum atomic E-state index is 0.101. The van der Waals surface area contributed by atoms with Crippen molar-refractivity contribution in [3.8, 4) is 17.6 Å². The highest BCUT2D eigenvalue weighted by Crippen LogP contribution is 2.40. The fourth-order valence-corrected chi connectivity index (χ4v) is 3.02. The maximum atomic E-state index is 10.5. The number of nitrogens with one attached hydrogen (secondary N) is 1. The van der Waals surface area contributed by atoms with Gasteiger partial charge >= 0.3 is 0 Å². The summed E-state index contributed by atoms with van der Waals surface area (Å²) in [6.07, 6.45) is 0.936. The Morgan fingerprint density at radius 2 is 2.05 bits per heavy atom. The van der Waals surface area contributed by atoms with Crippen LogP contribution in [0.15, 0.2) is 12.1 Å². The molecular weight excluding hydrogens is 278 g/mol. The number of methoxy groups -OCH3 is 1. The van der Waals surface area contributed by atoms with Crippen LogP contribution in [0.25, 0.3) is 0 Å². The topological polar surface area (TPSA) is 68.5 Å². The number of phenolic OH excluding ortho intramolecular Hbond substituents is 1. The first-order valence-corrected chi connectivity index (χ1v) is 7.82. The Kier molecular flexibility index (Phi) is 5.64. The van der Waals surface area contributed by atoms with Crippen molar-refractivity contribution in [2.45, 2.75) is 26.3 Å². The Bertz CT molecular complexity index is 546. The quantitative estimate of drug-likeness (QED) is 0.873. The lowest BCUT2D eigenvalue weighted by Crippen LogP contribution is -2.45. The summed E-state index contributed by atoms with van der Waals surface area (Å²) in [6, 6.07) is 5.64. The van der Waals surface area contributed by atoms with Gasteiger partial charge in [-0.1, -0.05) is 13.8 Å². The van der Waals surface area contributed by atoms with E-state index in [9.17, 15) is 10.4 Å². The molecule has 5 nitrogen and oxygen atoms in total.